The first kappa shape index (κ1) is 15.0. The fraction of sp³-hybridized carbons (Fsp3) is 0.133. The van der Waals surface area contributed by atoms with E-state index in [9.17, 15) is 9.59 Å². The Balaban J connectivity index is 2.01. The van der Waals surface area contributed by atoms with Gasteiger partial charge in [-0.15, -0.1) is 16.4 Å². The Bertz CT molecular complexity index is 856. The predicted octanol–water partition coefficient (Wildman–Crippen LogP) is 1.56. The summed E-state index contributed by atoms with van der Waals surface area (Å²) in [6.07, 6.45) is 1.62. The maximum absolute atomic E-state index is 12.6. The van der Waals surface area contributed by atoms with Crippen molar-refractivity contribution in [2.75, 3.05) is 0 Å². The zero-order valence-corrected chi connectivity index (χ0v) is 13.1. The fourth-order valence-electron chi connectivity index (χ4n) is 2.33. The standard InChI is InChI=1S/C15H13N5O2S/c1-9-12(14(16)22)15(20-8-17-18-19-20)23-13(9)11(21)7-10-5-3-2-4-6-10/h2-6,8H,7H2,1H3,(H2,16,22). The lowest BCUT2D eigenvalue weighted by atomic mass is 10.0. The van der Waals surface area contributed by atoms with E-state index in [0.717, 1.165) is 5.56 Å². The predicted molar refractivity (Wildman–Crippen MR) is 84.8 cm³/mol. The first-order valence-corrected chi connectivity index (χ1v) is 7.63. The van der Waals surface area contributed by atoms with Gasteiger partial charge in [0.2, 0.25) is 0 Å². The molecule has 3 rings (SSSR count). The van der Waals surface area contributed by atoms with Crippen LogP contribution in [0.5, 0.6) is 0 Å². The Labute approximate surface area is 135 Å². The van der Waals surface area contributed by atoms with Crippen LogP contribution in [0.15, 0.2) is 36.7 Å². The number of hydrogen-bond donors (Lipinski definition) is 1. The largest absolute Gasteiger partial charge is 0.365 e. The minimum atomic E-state index is -0.608. The number of carbonyl (C=O) groups is 2. The molecular formula is C15H13N5O2S. The van der Waals surface area contributed by atoms with Gasteiger partial charge in [-0.3, -0.25) is 9.59 Å². The first-order valence-electron chi connectivity index (χ1n) is 6.81. The highest BCUT2D eigenvalue weighted by atomic mass is 32.1. The van der Waals surface area contributed by atoms with Gasteiger partial charge in [-0.2, -0.15) is 4.68 Å². The average Bonchev–Trinajstić information content (AvgIpc) is 3.15. The Morgan fingerprint density at radius 3 is 2.61 bits per heavy atom. The van der Waals surface area contributed by atoms with E-state index in [-0.39, 0.29) is 17.8 Å². The summed E-state index contributed by atoms with van der Waals surface area (Å²) in [7, 11) is 0. The number of Topliss-reactive ketones (excluding diaryl/α,β-unsaturated/α-hetero) is 1. The second-order valence-electron chi connectivity index (χ2n) is 4.94. The van der Waals surface area contributed by atoms with Crippen LogP contribution >= 0.6 is 11.3 Å². The van der Waals surface area contributed by atoms with E-state index >= 15 is 0 Å². The summed E-state index contributed by atoms with van der Waals surface area (Å²) in [5.74, 6) is -0.677. The van der Waals surface area contributed by atoms with Crippen molar-refractivity contribution in [1.29, 1.82) is 0 Å². The first-order chi connectivity index (χ1) is 11.1. The lowest BCUT2D eigenvalue weighted by Gasteiger charge is -2.01. The van der Waals surface area contributed by atoms with Gasteiger partial charge in [-0.05, 0) is 28.5 Å². The minimum Gasteiger partial charge on any atom is -0.365 e. The van der Waals surface area contributed by atoms with Crippen LogP contribution in [0.4, 0.5) is 0 Å². The summed E-state index contributed by atoms with van der Waals surface area (Å²) in [6.45, 7) is 1.71. The van der Waals surface area contributed by atoms with E-state index in [1.54, 1.807) is 6.92 Å². The summed E-state index contributed by atoms with van der Waals surface area (Å²) in [5, 5.41) is 11.3. The number of carbonyl (C=O) groups excluding carboxylic acids is 2. The Morgan fingerprint density at radius 2 is 2.00 bits per heavy atom. The number of primary amides is 1. The molecule has 2 N–H and O–H groups in total. The van der Waals surface area contributed by atoms with E-state index < -0.39 is 5.91 Å². The van der Waals surface area contributed by atoms with E-state index in [0.29, 0.717) is 15.4 Å². The van der Waals surface area contributed by atoms with Crippen molar-refractivity contribution in [3.05, 3.63) is 58.2 Å². The highest BCUT2D eigenvalue weighted by Crippen LogP contribution is 2.31. The molecule has 0 aliphatic heterocycles. The second-order valence-corrected chi connectivity index (χ2v) is 5.94. The highest BCUT2D eigenvalue weighted by Gasteiger charge is 2.24. The smallest absolute Gasteiger partial charge is 0.252 e. The summed E-state index contributed by atoms with van der Waals surface area (Å²) in [6, 6.07) is 9.43. The second kappa shape index (κ2) is 6.09. The number of nitrogens with zero attached hydrogens (tertiary/aromatic N) is 4. The topological polar surface area (TPSA) is 104 Å². The van der Waals surface area contributed by atoms with Gasteiger partial charge in [0.05, 0.1) is 10.4 Å². The van der Waals surface area contributed by atoms with Crippen molar-refractivity contribution in [2.24, 2.45) is 5.73 Å². The summed E-state index contributed by atoms with van der Waals surface area (Å²) < 4.78 is 1.34. The maximum atomic E-state index is 12.6. The molecule has 8 heteroatoms. The van der Waals surface area contributed by atoms with Crippen molar-refractivity contribution >= 4 is 23.0 Å². The molecule has 23 heavy (non-hydrogen) atoms. The lowest BCUT2D eigenvalue weighted by molar-refractivity contribution is 0.0995. The molecule has 0 saturated carbocycles. The molecule has 3 aromatic rings. The average molecular weight is 327 g/mol. The maximum Gasteiger partial charge on any atom is 0.252 e. The SMILES string of the molecule is Cc1c(C(=O)Cc2ccccc2)sc(-n2cnnn2)c1C(N)=O. The molecule has 2 aromatic heterocycles. The molecule has 0 radical (unpaired) electrons. The van der Waals surface area contributed by atoms with Crippen molar-refractivity contribution in [3.8, 4) is 5.00 Å². The number of rotatable bonds is 5. The normalized spacial score (nSPS) is 10.7. The molecule has 1 amide bonds. The van der Waals surface area contributed by atoms with Gasteiger partial charge in [-0.25, -0.2) is 0 Å². The van der Waals surface area contributed by atoms with Gasteiger partial charge in [0, 0.05) is 6.42 Å². The van der Waals surface area contributed by atoms with Crippen LogP contribution in [0.3, 0.4) is 0 Å². The Hall–Kier alpha value is -2.87. The minimum absolute atomic E-state index is 0.0690. The Kier molecular flexibility index (Phi) is 3.98. The van der Waals surface area contributed by atoms with Gasteiger partial charge in [-0.1, -0.05) is 30.3 Å². The summed E-state index contributed by atoms with van der Waals surface area (Å²) in [5.41, 5.74) is 7.21. The van der Waals surface area contributed by atoms with Gasteiger partial charge < -0.3 is 5.73 Å². The molecule has 0 aliphatic rings. The van der Waals surface area contributed by atoms with Crippen LogP contribution in [0.2, 0.25) is 0 Å². The summed E-state index contributed by atoms with van der Waals surface area (Å²) >= 11 is 1.17. The van der Waals surface area contributed by atoms with Gasteiger partial charge in [0.25, 0.3) is 5.91 Å². The lowest BCUT2D eigenvalue weighted by Crippen LogP contribution is -2.15. The van der Waals surface area contributed by atoms with E-state index in [1.165, 1.54) is 22.3 Å². The van der Waals surface area contributed by atoms with Crippen molar-refractivity contribution < 1.29 is 9.59 Å². The van der Waals surface area contributed by atoms with Crippen LogP contribution in [0.1, 0.15) is 31.2 Å². The molecule has 0 bridgehead atoms. The highest BCUT2D eigenvalue weighted by molar-refractivity contribution is 7.17. The van der Waals surface area contributed by atoms with Crippen LogP contribution in [-0.4, -0.2) is 31.9 Å². The van der Waals surface area contributed by atoms with Crippen molar-refractivity contribution in [1.82, 2.24) is 20.2 Å². The van der Waals surface area contributed by atoms with Gasteiger partial charge in [0.1, 0.15) is 11.3 Å². The molecule has 0 fully saturated rings. The molecule has 2 heterocycles. The van der Waals surface area contributed by atoms with Crippen LogP contribution in [0, 0.1) is 6.92 Å². The van der Waals surface area contributed by atoms with Crippen molar-refractivity contribution in [2.45, 2.75) is 13.3 Å². The molecule has 7 nitrogen and oxygen atoms in total. The number of nitrogens with two attached hydrogens (primary N) is 1. The van der Waals surface area contributed by atoms with Crippen LogP contribution in [0.25, 0.3) is 5.00 Å². The third-order valence-electron chi connectivity index (χ3n) is 3.39. The van der Waals surface area contributed by atoms with E-state index in [2.05, 4.69) is 15.5 Å². The molecule has 0 saturated heterocycles. The number of hydrogen-bond acceptors (Lipinski definition) is 6. The molecule has 0 unspecified atom stereocenters. The molecule has 0 spiro atoms. The number of amides is 1. The quantitative estimate of drug-likeness (QED) is 0.716. The number of benzene rings is 1. The van der Waals surface area contributed by atoms with E-state index in [4.69, 9.17) is 5.73 Å². The third-order valence-corrected chi connectivity index (χ3v) is 4.71. The van der Waals surface area contributed by atoms with E-state index in [1.807, 2.05) is 30.3 Å². The molecular weight excluding hydrogens is 314 g/mol. The number of thiophene rings is 1. The number of aromatic nitrogens is 4. The van der Waals surface area contributed by atoms with Crippen molar-refractivity contribution in [3.63, 3.8) is 0 Å². The zero-order valence-electron chi connectivity index (χ0n) is 12.3. The zero-order chi connectivity index (χ0) is 16.4. The fourth-order valence-corrected chi connectivity index (χ4v) is 3.50. The summed E-state index contributed by atoms with van der Waals surface area (Å²) in [4.78, 5) is 24.9. The Morgan fingerprint density at radius 1 is 1.26 bits per heavy atom. The van der Waals surface area contributed by atoms with Gasteiger partial charge in [0.15, 0.2) is 5.78 Å². The van der Waals surface area contributed by atoms with Crippen LogP contribution < -0.4 is 5.73 Å². The number of ketones is 1. The third kappa shape index (κ3) is 2.88. The molecule has 0 atom stereocenters. The number of tetrazole rings is 1. The van der Waals surface area contributed by atoms with Gasteiger partial charge >= 0.3 is 0 Å². The van der Waals surface area contributed by atoms with Crippen LogP contribution in [-0.2, 0) is 6.42 Å². The molecule has 116 valence electrons. The monoisotopic (exact) mass is 327 g/mol. The molecule has 0 aliphatic carbocycles. The molecule has 1 aromatic carbocycles.